The van der Waals surface area contributed by atoms with Crippen LogP contribution >= 0.6 is 11.6 Å². The van der Waals surface area contributed by atoms with Crippen molar-refractivity contribution >= 4 is 29.3 Å². The Morgan fingerprint density at radius 2 is 1.61 bits per heavy atom. The number of hydrogen-bond acceptors (Lipinski definition) is 3. The Morgan fingerprint density at radius 3 is 2.32 bits per heavy atom. The topological polar surface area (TPSA) is 78.5 Å². The molecule has 3 rings (SSSR count). The fourth-order valence-electron chi connectivity index (χ4n) is 3.21. The van der Waals surface area contributed by atoms with Crippen LogP contribution in [0.1, 0.15) is 33.6 Å². The van der Waals surface area contributed by atoms with Crippen LogP contribution in [0.4, 0.5) is 0 Å². The number of amides is 3. The summed E-state index contributed by atoms with van der Waals surface area (Å²) in [7, 11) is 0. The first-order valence-corrected chi connectivity index (χ1v) is 9.61. The van der Waals surface area contributed by atoms with Gasteiger partial charge in [-0.3, -0.25) is 14.4 Å². The Kier molecular flexibility index (Phi) is 6.66. The number of carbonyl (C=O) groups is 3. The van der Waals surface area contributed by atoms with E-state index < -0.39 is 6.04 Å². The number of benzene rings is 2. The van der Waals surface area contributed by atoms with E-state index in [2.05, 4.69) is 10.6 Å². The van der Waals surface area contributed by atoms with Crippen molar-refractivity contribution < 1.29 is 14.4 Å². The van der Waals surface area contributed by atoms with Crippen LogP contribution in [0.5, 0.6) is 0 Å². The Bertz CT molecular complexity index is 840. The van der Waals surface area contributed by atoms with Gasteiger partial charge < -0.3 is 15.5 Å². The Morgan fingerprint density at radius 1 is 0.929 bits per heavy atom. The zero-order valence-corrected chi connectivity index (χ0v) is 16.1. The lowest BCUT2D eigenvalue weighted by molar-refractivity contribution is -0.124. The molecule has 1 aliphatic rings. The maximum Gasteiger partial charge on any atom is 0.254 e. The number of nitrogens with zero attached hydrogens (tertiary/aromatic N) is 1. The molecule has 146 valence electrons. The molecule has 0 saturated carbocycles. The summed E-state index contributed by atoms with van der Waals surface area (Å²) in [6.45, 7) is 1.17. The number of likely N-dealkylation sites (tertiary alicyclic amines) is 1. The molecule has 0 unspecified atom stereocenters. The van der Waals surface area contributed by atoms with Crippen molar-refractivity contribution in [3.63, 3.8) is 0 Å². The smallest absolute Gasteiger partial charge is 0.254 e. The summed E-state index contributed by atoms with van der Waals surface area (Å²) < 4.78 is 0. The van der Waals surface area contributed by atoms with Crippen LogP contribution in [0.2, 0.25) is 5.02 Å². The van der Waals surface area contributed by atoms with Crippen molar-refractivity contribution in [2.75, 3.05) is 19.6 Å². The SMILES string of the molecule is O=C(NCCNC(=O)[C@H]1CCCN1C(=O)c1ccc(Cl)cc1)c1ccccc1. The summed E-state index contributed by atoms with van der Waals surface area (Å²) in [5.74, 6) is -0.560. The number of carbonyl (C=O) groups excluding carboxylic acids is 3. The minimum absolute atomic E-state index is 0.174. The van der Waals surface area contributed by atoms with Gasteiger partial charge in [0, 0.05) is 35.8 Å². The third kappa shape index (κ3) is 4.89. The van der Waals surface area contributed by atoms with Crippen molar-refractivity contribution in [2.24, 2.45) is 0 Å². The van der Waals surface area contributed by atoms with Gasteiger partial charge in [0.1, 0.15) is 6.04 Å². The van der Waals surface area contributed by atoms with E-state index in [0.717, 1.165) is 6.42 Å². The minimum atomic E-state index is -0.493. The molecule has 7 heteroatoms. The molecule has 1 heterocycles. The zero-order chi connectivity index (χ0) is 19.9. The van der Waals surface area contributed by atoms with E-state index in [1.165, 1.54) is 0 Å². The van der Waals surface area contributed by atoms with Crippen molar-refractivity contribution in [1.82, 2.24) is 15.5 Å². The molecular weight excluding hydrogens is 378 g/mol. The Balaban J connectivity index is 1.48. The summed E-state index contributed by atoms with van der Waals surface area (Å²) in [4.78, 5) is 38.8. The van der Waals surface area contributed by atoms with Crippen LogP contribution in [0.15, 0.2) is 54.6 Å². The van der Waals surface area contributed by atoms with Gasteiger partial charge in [0.05, 0.1) is 0 Å². The van der Waals surface area contributed by atoms with Gasteiger partial charge in [-0.25, -0.2) is 0 Å². The molecule has 1 aliphatic heterocycles. The van der Waals surface area contributed by atoms with Gasteiger partial charge in [-0.05, 0) is 49.2 Å². The van der Waals surface area contributed by atoms with Gasteiger partial charge in [0.15, 0.2) is 0 Å². The molecule has 0 aliphatic carbocycles. The van der Waals surface area contributed by atoms with Gasteiger partial charge in [0.2, 0.25) is 5.91 Å². The standard InChI is InChI=1S/C21H22ClN3O3/c22-17-10-8-16(9-11-17)21(28)25-14-4-7-18(25)20(27)24-13-12-23-19(26)15-5-2-1-3-6-15/h1-3,5-6,8-11,18H,4,7,12-14H2,(H,23,26)(H,24,27)/t18-/m1/s1. The van der Waals surface area contributed by atoms with Gasteiger partial charge in [-0.2, -0.15) is 0 Å². The van der Waals surface area contributed by atoms with E-state index in [-0.39, 0.29) is 17.7 Å². The van der Waals surface area contributed by atoms with Crippen LogP contribution in [-0.4, -0.2) is 48.3 Å². The molecule has 2 aromatic rings. The lowest BCUT2D eigenvalue weighted by Crippen LogP contribution is -2.47. The second-order valence-corrected chi connectivity index (χ2v) is 7.01. The summed E-state index contributed by atoms with van der Waals surface area (Å²) in [5.41, 5.74) is 1.09. The van der Waals surface area contributed by atoms with Crippen molar-refractivity contribution in [3.05, 3.63) is 70.7 Å². The van der Waals surface area contributed by atoms with Crippen LogP contribution in [0.25, 0.3) is 0 Å². The minimum Gasteiger partial charge on any atom is -0.353 e. The van der Waals surface area contributed by atoms with E-state index in [4.69, 9.17) is 11.6 Å². The summed E-state index contributed by atoms with van der Waals surface area (Å²) in [6, 6.07) is 15.0. The van der Waals surface area contributed by atoms with Gasteiger partial charge >= 0.3 is 0 Å². The van der Waals surface area contributed by atoms with Crippen LogP contribution in [-0.2, 0) is 4.79 Å². The first kappa shape index (κ1) is 19.9. The normalized spacial score (nSPS) is 15.9. The third-order valence-electron chi connectivity index (χ3n) is 4.65. The van der Waals surface area contributed by atoms with Crippen LogP contribution in [0, 0.1) is 0 Å². The number of rotatable bonds is 6. The second kappa shape index (κ2) is 9.37. The predicted molar refractivity (Wildman–Crippen MR) is 107 cm³/mol. The quantitative estimate of drug-likeness (QED) is 0.732. The van der Waals surface area contributed by atoms with E-state index in [9.17, 15) is 14.4 Å². The van der Waals surface area contributed by atoms with E-state index in [1.807, 2.05) is 6.07 Å². The molecule has 3 amide bonds. The summed E-state index contributed by atoms with van der Waals surface area (Å²) >= 11 is 5.87. The van der Waals surface area contributed by atoms with Crippen LogP contribution < -0.4 is 10.6 Å². The molecule has 1 saturated heterocycles. The maximum absolute atomic E-state index is 12.7. The highest BCUT2D eigenvalue weighted by Crippen LogP contribution is 2.21. The fourth-order valence-corrected chi connectivity index (χ4v) is 3.34. The highest BCUT2D eigenvalue weighted by atomic mass is 35.5. The molecule has 1 atom stereocenters. The molecule has 2 N–H and O–H groups in total. The molecule has 0 spiro atoms. The molecule has 0 radical (unpaired) electrons. The first-order valence-electron chi connectivity index (χ1n) is 9.24. The lowest BCUT2D eigenvalue weighted by Gasteiger charge is -2.24. The van der Waals surface area contributed by atoms with Gasteiger partial charge in [-0.1, -0.05) is 29.8 Å². The highest BCUT2D eigenvalue weighted by Gasteiger charge is 2.34. The molecular formula is C21H22ClN3O3. The summed E-state index contributed by atoms with van der Waals surface area (Å²) in [5, 5.41) is 6.13. The van der Waals surface area contributed by atoms with Crippen molar-refractivity contribution in [1.29, 1.82) is 0 Å². The maximum atomic E-state index is 12.7. The average molecular weight is 400 g/mol. The first-order chi connectivity index (χ1) is 13.6. The molecule has 0 bridgehead atoms. The number of hydrogen-bond donors (Lipinski definition) is 2. The Hall–Kier alpha value is -2.86. The van der Waals surface area contributed by atoms with Crippen molar-refractivity contribution in [3.8, 4) is 0 Å². The molecule has 1 fully saturated rings. The van der Waals surface area contributed by atoms with E-state index in [1.54, 1.807) is 53.4 Å². The Labute approximate surface area is 168 Å². The fraction of sp³-hybridized carbons (Fsp3) is 0.286. The number of halogens is 1. The number of nitrogens with one attached hydrogen (secondary N) is 2. The average Bonchev–Trinajstić information content (AvgIpc) is 3.21. The molecule has 2 aromatic carbocycles. The largest absolute Gasteiger partial charge is 0.353 e. The van der Waals surface area contributed by atoms with Gasteiger partial charge in [0.25, 0.3) is 11.8 Å². The van der Waals surface area contributed by atoms with E-state index in [0.29, 0.717) is 42.2 Å². The van der Waals surface area contributed by atoms with Crippen LogP contribution in [0.3, 0.4) is 0 Å². The lowest BCUT2D eigenvalue weighted by atomic mass is 10.1. The molecule has 28 heavy (non-hydrogen) atoms. The van der Waals surface area contributed by atoms with Gasteiger partial charge in [-0.15, -0.1) is 0 Å². The summed E-state index contributed by atoms with van der Waals surface area (Å²) in [6.07, 6.45) is 1.41. The predicted octanol–water partition coefficient (Wildman–Crippen LogP) is 2.49. The van der Waals surface area contributed by atoms with E-state index >= 15 is 0 Å². The highest BCUT2D eigenvalue weighted by molar-refractivity contribution is 6.30. The van der Waals surface area contributed by atoms with Crippen molar-refractivity contribution in [2.45, 2.75) is 18.9 Å². The monoisotopic (exact) mass is 399 g/mol. The zero-order valence-electron chi connectivity index (χ0n) is 15.4. The third-order valence-corrected chi connectivity index (χ3v) is 4.91. The second-order valence-electron chi connectivity index (χ2n) is 6.58. The molecule has 6 nitrogen and oxygen atoms in total. The molecule has 0 aromatic heterocycles.